The molecule has 0 aliphatic carbocycles. The van der Waals surface area contributed by atoms with Crippen molar-refractivity contribution in [3.8, 4) is 5.75 Å². The van der Waals surface area contributed by atoms with Crippen molar-refractivity contribution < 1.29 is 9.53 Å². The highest BCUT2D eigenvalue weighted by Gasteiger charge is 2.34. The molecule has 0 fully saturated rings. The van der Waals surface area contributed by atoms with Crippen molar-refractivity contribution in [2.45, 2.75) is 38.0 Å². The fourth-order valence-electron chi connectivity index (χ4n) is 4.74. The number of benzene rings is 3. The summed E-state index contributed by atoms with van der Waals surface area (Å²) in [6.45, 7) is 5.58. The van der Waals surface area contributed by atoms with Crippen LogP contribution in [0.4, 0.5) is 10.5 Å². The third-order valence-corrected chi connectivity index (χ3v) is 7.49. The molecular formula is C29H30N4O2S. The molecule has 6 nitrogen and oxygen atoms in total. The molecule has 0 saturated carbocycles. The highest BCUT2D eigenvalue weighted by molar-refractivity contribution is 8.15. The zero-order valence-electron chi connectivity index (χ0n) is 20.8. The fourth-order valence-corrected chi connectivity index (χ4v) is 5.55. The van der Waals surface area contributed by atoms with Crippen LogP contribution in [-0.2, 0) is 13.0 Å². The van der Waals surface area contributed by atoms with Crippen LogP contribution in [0.5, 0.6) is 5.75 Å². The van der Waals surface area contributed by atoms with Crippen LogP contribution in [0.1, 0.15) is 42.5 Å². The van der Waals surface area contributed by atoms with Crippen molar-refractivity contribution in [3.05, 3.63) is 95.1 Å². The van der Waals surface area contributed by atoms with Gasteiger partial charge in [0.05, 0.1) is 24.1 Å². The number of aryl methyl sites for hydroxylation is 1. The minimum atomic E-state index is -0.393. The Morgan fingerprint density at radius 2 is 1.89 bits per heavy atom. The maximum atomic E-state index is 11.9. The summed E-state index contributed by atoms with van der Waals surface area (Å²) in [4.78, 5) is 19.3. The van der Waals surface area contributed by atoms with Crippen LogP contribution >= 0.6 is 11.8 Å². The number of fused-ring (bicyclic) bond motifs is 1. The van der Waals surface area contributed by atoms with E-state index in [0.29, 0.717) is 6.54 Å². The number of aliphatic imine (C=N–C) groups is 1. The Morgan fingerprint density at radius 3 is 2.61 bits per heavy atom. The van der Waals surface area contributed by atoms with Crippen molar-refractivity contribution in [3.63, 3.8) is 0 Å². The van der Waals surface area contributed by atoms with E-state index in [1.807, 2.05) is 44.2 Å². The van der Waals surface area contributed by atoms with Gasteiger partial charge in [-0.3, -0.25) is 9.79 Å². The van der Waals surface area contributed by atoms with Crippen LogP contribution < -0.4 is 15.1 Å². The number of hydrogen-bond donors (Lipinski definition) is 1. The summed E-state index contributed by atoms with van der Waals surface area (Å²) in [5.74, 6) is 1.78. The van der Waals surface area contributed by atoms with E-state index in [0.717, 1.165) is 47.8 Å². The van der Waals surface area contributed by atoms with E-state index in [1.165, 1.54) is 28.6 Å². The first-order chi connectivity index (χ1) is 17.4. The standard InChI is InChI=1S/C29H30N4O2S/c1-29(2)26(31-32-28(34)36-29)23-13-16-25-22(18-23)10-7-17-33(25)27(21-11-14-24(35-3)15-12-21)30-19-20-8-5-4-6-9-20/h4-6,8-9,11-16,18H,7,10,17,19H2,1-3H3,(H,32,34). The van der Waals surface area contributed by atoms with Crippen molar-refractivity contribution in [1.82, 2.24) is 5.43 Å². The summed E-state index contributed by atoms with van der Waals surface area (Å²) in [5.41, 5.74) is 9.22. The first-order valence-electron chi connectivity index (χ1n) is 12.2. The molecule has 7 heteroatoms. The number of hydrazone groups is 1. The third-order valence-electron chi connectivity index (χ3n) is 6.51. The SMILES string of the molecule is COc1ccc(C(=NCc2ccccc2)N2CCCc3cc(C4=NNC(=O)SC4(C)C)ccc32)cc1. The summed E-state index contributed by atoms with van der Waals surface area (Å²) in [7, 11) is 1.68. The van der Waals surface area contributed by atoms with Gasteiger partial charge in [0, 0.05) is 17.8 Å². The topological polar surface area (TPSA) is 66.3 Å². The van der Waals surface area contributed by atoms with Gasteiger partial charge in [0.25, 0.3) is 5.24 Å². The highest BCUT2D eigenvalue weighted by atomic mass is 32.2. The number of carbonyl (C=O) groups excluding carboxylic acids is 1. The third kappa shape index (κ3) is 5.02. The molecule has 3 aromatic rings. The van der Waals surface area contributed by atoms with Gasteiger partial charge in [0.1, 0.15) is 11.6 Å². The number of methoxy groups -OCH3 is 1. The van der Waals surface area contributed by atoms with Crippen molar-refractivity contribution in [1.29, 1.82) is 0 Å². The minimum Gasteiger partial charge on any atom is -0.497 e. The molecule has 0 spiro atoms. The number of amides is 1. The predicted molar refractivity (Wildman–Crippen MR) is 149 cm³/mol. The Balaban J connectivity index is 1.53. The summed E-state index contributed by atoms with van der Waals surface area (Å²) in [6.07, 6.45) is 2.01. The molecule has 0 aromatic heterocycles. The Hall–Kier alpha value is -3.58. The lowest BCUT2D eigenvalue weighted by Crippen LogP contribution is -2.39. The Bertz CT molecular complexity index is 1320. The van der Waals surface area contributed by atoms with Gasteiger partial charge in [-0.05, 0) is 79.8 Å². The van der Waals surface area contributed by atoms with Gasteiger partial charge in [-0.1, -0.05) is 48.2 Å². The number of ether oxygens (including phenoxy) is 1. The van der Waals surface area contributed by atoms with E-state index in [4.69, 9.17) is 9.73 Å². The molecule has 5 rings (SSSR count). The average Bonchev–Trinajstić information content (AvgIpc) is 2.89. The maximum absolute atomic E-state index is 11.9. The molecule has 3 aromatic carbocycles. The van der Waals surface area contributed by atoms with E-state index in [-0.39, 0.29) is 5.24 Å². The van der Waals surface area contributed by atoms with Crippen LogP contribution in [0.15, 0.2) is 82.9 Å². The van der Waals surface area contributed by atoms with Crippen LogP contribution in [0, 0.1) is 0 Å². The molecule has 0 unspecified atom stereocenters. The van der Waals surface area contributed by atoms with Crippen molar-refractivity contribution in [2.24, 2.45) is 10.1 Å². The number of nitrogens with zero attached hydrogens (tertiary/aromatic N) is 3. The summed E-state index contributed by atoms with van der Waals surface area (Å²) < 4.78 is 4.99. The van der Waals surface area contributed by atoms with E-state index >= 15 is 0 Å². The Kier molecular flexibility index (Phi) is 6.83. The van der Waals surface area contributed by atoms with Gasteiger partial charge >= 0.3 is 0 Å². The molecule has 0 atom stereocenters. The van der Waals surface area contributed by atoms with Crippen molar-refractivity contribution in [2.75, 3.05) is 18.6 Å². The number of anilines is 1. The first-order valence-corrected chi connectivity index (χ1v) is 13.0. The molecule has 0 bridgehead atoms. The Labute approximate surface area is 216 Å². The van der Waals surface area contributed by atoms with E-state index in [1.54, 1.807) is 7.11 Å². The second-order valence-electron chi connectivity index (χ2n) is 9.42. The van der Waals surface area contributed by atoms with Gasteiger partial charge in [-0.2, -0.15) is 5.10 Å². The van der Waals surface area contributed by atoms with Crippen LogP contribution in [0.3, 0.4) is 0 Å². The van der Waals surface area contributed by atoms with Crippen LogP contribution in [0.25, 0.3) is 0 Å². The zero-order valence-corrected chi connectivity index (χ0v) is 21.6. The van der Waals surface area contributed by atoms with Gasteiger partial charge in [-0.15, -0.1) is 0 Å². The fraction of sp³-hybridized carbons (Fsp3) is 0.276. The molecule has 184 valence electrons. The smallest absolute Gasteiger partial charge is 0.300 e. The summed E-state index contributed by atoms with van der Waals surface area (Å²) in [6, 6.07) is 25.0. The molecule has 2 aliphatic heterocycles. The molecule has 36 heavy (non-hydrogen) atoms. The number of rotatable bonds is 5. The lowest BCUT2D eigenvalue weighted by atomic mass is 9.93. The molecule has 0 saturated heterocycles. The number of carbonyl (C=O) groups is 1. The van der Waals surface area contributed by atoms with Crippen molar-refractivity contribution >= 4 is 34.2 Å². The second kappa shape index (κ2) is 10.2. The second-order valence-corrected chi connectivity index (χ2v) is 11.0. The van der Waals surface area contributed by atoms with Gasteiger partial charge in [-0.25, -0.2) is 5.43 Å². The Morgan fingerprint density at radius 1 is 1.11 bits per heavy atom. The summed E-state index contributed by atoms with van der Waals surface area (Å²) in [5, 5.41) is 4.29. The molecule has 1 N–H and O–H groups in total. The predicted octanol–water partition coefficient (Wildman–Crippen LogP) is 6.03. The largest absolute Gasteiger partial charge is 0.497 e. The summed E-state index contributed by atoms with van der Waals surface area (Å²) >= 11 is 1.27. The van der Waals surface area contributed by atoms with E-state index in [9.17, 15) is 4.79 Å². The van der Waals surface area contributed by atoms with Crippen LogP contribution in [-0.4, -0.2) is 35.2 Å². The van der Waals surface area contributed by atoms with E-state index in [2.05, 4.69) is 57.9 Å². The van der Waals surface area contributed by atoms with Gasteiger partial charge < -0.3 is 9.64 Å². The minimum absolute atomic E-state index is 0.119. The maximum Gasteiger partial charge on any atom is 0.300 e. The lowest BCUT2D eigenvalue weighted by Gasteiger charge is -2.34. The molecule has 2 aliphatic rings. The van der Waals surface area contributed by atoms with Gasteiger partial charge in [0.15, 0.2) is 0 Å². The normalized spacial score (nSPS) is 17.2. The molecule has 2 heterocycles. The van der Waals surface area contributed by atoms with E-state index < -0.39 is 4.75 Å². The quantitative estimate of drug-likeness (QED) is 0.344. The monoisotopic (exact) mass is 498 g/mol. The van der Waals surface area contributed by atoms with Gasteiger partial charge in [0.2, 0.25) is 0 Å². The highest BCUT2D eigenvalue weighted by Crippen LogP contribution is 2.35. The zero-order chi connectivity index (χ0) is 25.1. The number of thioether (sulfide) groups is 1. The first kappa shape index (κ1) is 24.1. The number of amidine groups is 1. The molecular weight excluding hydrogens is 468 g/mol. The molecule has 1 amide bonds. The molecule has 0 radical (unpaired) electrons. The number of hydrogen-bond acceptors (Lipinski definition) is 5. The number of nitrogens with one attached hydrogen (secondary N) is 1. The average molecular weight is 499 g/mol. The van der Waals surface area contributed by atoms with Crippen LogP contribution in [0.2, 0.25) is 0 Å². The lowest BCUT2D eigenvalue weighted by molar-refractivity contribution is 0.260.